The summed E-state index contributed by atoms with van der Waals surface area (Å²) in [6.07, 6.45) is 2.34. The minimum absolute atomic E-state index is 0.122. The standard InChI is InChI=1S/C26H31N5O3/c1-4-30(5-2)16-17-31-22-9-7-6-8-21(22)28-26(31)29-24(32)14-15-25-27-18-23(34-25)19-10-12-20(33-3)13-11-19/h6-13,18H,4-5,14-17H2,1-3H3,(H,28,29,32). The molecular formula is C26H31N5O3. The third-order valence-corrected chi connectivity index (χ3v) is 5.93. The molecule has 0 aliphatic carbocycles. The lowest BCUT2D eigenvalue weighted by Crippen LogP contribution is -2.27. The molecular weight excluding hydrogens is 430 g/mol. The molecule has 0 unspecified atom stereocenters. The van der Waals surface area contributed by atoms with Crippen LogP contribution in [-0.2, 0) is 17.8 Å². The number of amides is 1. The number of aromatic nitrogens is 3. The summed E-state index contributed by atoms with van der Waals surface area (Å²) in [7, 11) is 1.63. The molecule has 0 saturated carbocycles. The van der Waals surface area contributed by atoms with E-state index in [1.165, 1.54) is 0 Å². The lowest BCUT2D eigenvalue weighted by atomic mass is 10.2. The van der Waals surface area contributed by atoms with Crippen molar-refractivity contribution in [2.75, 3.05) is 32.1 Å². The fraction of sp³-hybridized carbons (Fsp3) is 0.346. The fourth-order valence-corrected chi connectivity index (χ4v) is 3.90. The maximum atomic E-state index is 12.8. The quantitative estimate of drug-likeness (QED) is 0.351. The molecule has 4 rings (SSSR count). The zero-order valence-corrected chi connectivity index (χ0v) is 20.0. The zero-order valence-electron chi connectivity index (χ0n) is 20.0. The highest BCUT2D eigenvalue weighted by atomic mass is 16.5. The molecule has 1 N–H and O–H groups in total. The summed E-state index contributed by atoms with van der Waals surface area (Å²) >= 11 is 0. The van der Waals surface area contributed by atoms with Crippen molar-refractivity contribution >= 4 is 22.9 Å². The molecule has 8 heteroatoms. The summed E-state index contributed by atoms with van der Waals surface area (Å²) < 4.78 is 13.1. The number of methoxy groups -OCH3 is 1. The molecule has 0 atom stereocenters. The van der Waals surface area contributed by atoms with E-state index in [-0.39, 0.29) is 12.3 Å². The first-order valence-corrected chi connectivity index (χ1v) is 11.7. The largest absolute Gasteiger partial charge is 0.497 e. The van der Waals surface area contributed by atoms with Crippen LogP contribution < -0.4 is 10.1 Å². The molecule has 0 bridgehead atoms. The molecule has 0 saturated heterocycles. The van der Waals surface area contributed by atoms with Crippen molar-refractivity contribution in [1.82, 2.24) is 19.4 Å². The summed E-state index contributed by atoms with van der Waals surface area (Å²) in [4.78, 5) is 24.1. The molecule has 0 aliphatic heterocycles. The van der Waals surface area contributed by atoms with E-state index in [4.69, 9.17) is 9.15 Å². The number of nitrogens with zero attached hydrogens (tertiary/aromatic N) is 4. The molecule has 1 amide bonds. The van der Waals surface area contributed by atoms with Gasteiger partial charge in [0.05, 0.1) is 24.3 Å². The van der Waals surface area contributed by atoms with Crippen LogP contribution in [0.25, 0.3) is 22.4 Å². The molecule has 178 valence electrons. The van der Waals surface area contributed by atoms with Crippen LogP contribution in [0.3, 0.4) is 0 Å². The van der Waals surface area contributed by atoms with E-state index in [0.29, 0.717) is 24.0 Å². The Balaban J connectivity index is 1.40. The van der Waals surface area contributed by atoms with Gasteiger partial charge in [0.1, 0.15) is 5.75 Å². The minimum atomic E-state index is -0.122. The maximum Gasteiger partial charge on any atom is 0.227 e. The van der Waals surface area contributed by atoms with Crippen LogP contribution in [-0.4, -0.2) is 52.1 Å². The number of rotatable bonds is 11. The Bertz CT molecular complexity index is 1220. The van der Waals surface area contributed by atoms with E-state index in [1.807, 2.05) is 48.5 Å². The van der Waals surface area contributed by atoms with Crippen molar-refractivity contribution in [3.05, 3.63) is 60.6 Å². The molecule has 0 radical (unpaired) electrons. The van der Waals surface area contributed by atoms with Crippen LogP contribution >= 0.6 is 0 Å². The number of nitrogens with one attached hydrogen (secondary N) is 1. The molecule has 0 fully saturated rings. The van der Waals surface area contributed by atoms with E-state index >= 15 is 0 Å². The monoisotopic (exact) mass is 461 g/mol. The summed E-state index contributed by atoms with van der Waals surface area (Å²) in [5, 5.41) is 2.99. The molecule has 8 nitrogen and oxygen atoms in total. The zero-order chi connectivity index (χ0) is 23.9. The molecule has 0 spiro atoms. The van der Waals surface area contributed by atoms with E-state index in [9.17, 15) is 4.79 Å². The number of carbonyl (C=O) groups excluding carboxylic acids is 1. The third kappa shape index (κ3) is 5.46. The number of likely N-dealkylation sites (N-methyl/N-ethyl adjacent to an activating group) is 1. The second kappa shape index (κ2) is 11.0. The van der Waals surface area contributed by atoms with Gasteiger partial charge in [-0.3, -0.25) is 10.1 Å². The van der Waals surface area contributed by atoms with Gasteiger partial charge in [0.2, 0.25) is 11.9 Å². The van der Waals surface area contributed by atoms with Gasteiger partial charge in [0.15, 0.2) is 11.7 Å². The topological polar surface area (TPSA) is 85.4 Å². The normalized spacial score (nSPS) is 11.3. The SMILES string of the molecule is CCN(CC)CCn1c(NC(=O)CCc2ncc(-c3ccc(OC)cc3)o2)nc2ccccc21. The second-order valence-corrected chi connectivity index (χ2v) is 8.00. The lowest BCUT2D eigenvalue weighted by Gasteiger charge is -2.19. The van der Waals surface area contributed by atoms with Gasteiger partial charge in [-0.2, -0.15) is 0 Å². The Labute approximate surface area is 199 Å². The van der Waals surface area contributed by atoms with Crippen LogP contribution in [0, 0.1) is 0 Å². The van der Waals surface area contributed by atoms with Crippen molar-refractivity contribution in [3.63, 3.8) is 0 Å². The Hall–Kier alpha value is -3.65. The van der Waals surface area contributed by atoms with E-state index < -0.39 is 0 Å². The minimum Gasteiger partial charge on any atom is -0.497 e. The van der Waals surface area contributed by atoms with Gasteiger partial charge in [-0.05, 0) is 49.5 Å². The van der Waals surface area contributed by atoms with Gasteiger partial charge in [-0.1, -0.05) is 26.0 Å². The summed E-state index contributed by atoms with van der Waals surface area (Å²) in [5.41, 5.74) is 2.79. The number of benzene rings is 2. The third-order valence-electron chi connectivity index (χ3n) is 5.93. The number of oxazole rings is 1. The number of hydrogen-bond acceptors (Lipinski definition) is 6. The molecule has 0 aliphatic rings. The number of ether oxygens (including phenoxy) is 1. The van der Waals surface area contributed by atoms with Crippen molar-refractivity contribution in [3.8, 4) is 17.1 Å². The number of carbonyl (C=O) groups is 1. The van der Waals surface area contributed by atoms with E-state index in [2.05, 4.69) is 38.6 Å². The number of para-hydroxylation sites is 2. The smallest absolute Gasteiger partial charge is 0.227 e. The first-order valence-electron chi connectivity index (χ1n) is 11.7. The lowest BCUT2D eigenvalue weighted by molar-refractivity contribution is -0.116. The maximum absolute atomic E-state index is 12.8. The number of anilines is 1. The van der Waals surface area contributed by atoms with Crippen LogP contribution in [0.4, 0.5) is 5.95 Å². The van der Waals surface area contributed by atoms with Crippen LogP contribution in [0.5, 0.6) is 5.75 Å². The number of imidazole rings is 1. The Kier molecular flexibility index (Phi) is 7.59. The van der Waals surface area contributed by atoms with Gasteiger partial charge in [-0.25, -0.2) is 9.97 Å². The fourth-order valence-electron chi connectivity index (χ4n) is 3.90. The van der Waals surface area contributed by atoms with Crippen LogP contribution in [0.1, 0.15) is 26.2 Å². The molecule has 2 aromatic heterocycles. The highest BCUT2D eigenvalue weighted by molar-refractivity contribution is 5.91. The molecule has 34 heavy (non-hydrogen) atoms. The number of aryl methyl sites for hydroxylation is 1. The van der Waals surface area contributed by atoms with E-state index in [0.717, 1.165) is 48.5 Å². The van der Waals surface area contributed by atoms with Crippen molar-refractivity contribution in [2.24, 2.45) is 0 Å². The predicted octanol–water partition coefficient (Wildman–Crippen LogP) is 4.61. The number of hydrogen-bond donors (Lipinski definition) is 1. The first-order chi connectivity index (χ1) is 16.6. The van der Waals surface area contributed by atoms with Crippen LogP contribution in [0.15, 0.2) is 59.1 Å². The van der Waals surface area contributed by atoms with Gasteiger partial charge in [0.25, 0.3) is 0 Å². The van der Waals surface area contributed by atoms with Gasteiger partial charge >= 0.3 is 0 Å². The highest BCUT2D eigenvalue weighted by Crippen LogP contribution is 2.24. The summed E-state index contributed by atoms with van der Waals surface area (Å²) in [6.45, 7) is 7.92. The van der Waals surface area contributed by atoms with Gasteiger partial charge < -0.3 is 18.6 Å². The Morgan fingerprint density at radius 2 is 1.88 bits per heavy atom. The molecule has 4 aromatic rings. The van der Waals surface area contributed by atoms with Crippen molar-refractivity contribution in [1.29, 1.82) is 0 Å². The van der Waals surface area contributed by atoms with Crippen molar-refractivity contribution in [2.45, 2.75) is 33.2 Å². The van der Waals surface area contributed by atoms with Gasteiger partial charge in [0, 0.05) is 31.5 Å². The molecule has 2 aromatic carbocycles. The second-order valence-electron chi connectivity index (χ2n) is 8.00. The Morgan fingerprint density at radius 1 is 1.12 bits per heavy atom. The average molecular weight is 462 g/mol. The van der Waals surface area contributed by atoms with Gasteiger partial charge in [-0.15, -0.1) is 0 Å². The van der Waals surface area contributed by atoms with E-state index in [1.54, 1.807) is 13.3 Å². The van der Waals surface area contributed by atoms with Crippen molar-refractivity contribution < 1.29 is 13.9 Å². The number of fused-ring (bicyclic) bond motifs is 1. The average Bonchev–Trinajstić information content (AvgIpc) is 3.48. The predicted molar refractivity (Wildman–Crippen MR) is 133 cm³/mol. The first kappa shape index (κ1) is 23.5. The van der Waals surface area contributed by atoms with Crippen LogP contribution in [0.2, 0.25) is 0 Å². The Morgan fingerprint density at radius 3 is 2.62 bits per heavy atom. The summed E-state index contributed by atoms with van der Waals surface area (Å²) in [6, 6.07) is 15.5. The summed E-state index contributed by atoms with van der Waals surface area (Å²) in [5.74, 6) is 2.42. The highest BCUT2D eigenvalue weighted by Gasteiger charge is 2.15. The molecule has 2 heterocycles.